The van der Waals surface area contributed by atoms with Gasteiger partial charge in [-0.05, 0) is 19.9 Å². The first-order chi connectivity index (χ1) is 6.90. The molecule has 0 saturated heterocycles. The van der Waals surface area contributed by atoms with Crippen molar-refractivity contribution in [3.63, 3.8) is 0 Å². The first-order valence-electron chi connectivity index (χ1n) is 4.52. The van der Waals surface area contributed by atoms with Crippen molar-refractivity contribution >= 4 is 11.5 Å². The van der Waals surface area contributed by atoms with Gasteiger partial charge in [-0.2, -0.15) is 0 Å². The summed E-state index contributed by atoms with van der Waals surface area (Å²) in [5.74, 6) is 0.251. The van der Waals surface area contributed by atoms with E-state index in [1.54, 1.807) is 0 Å². The van der Waals surface area contributed by atoms with Crippen LogP contribution in [0.1, 0.15) is 13.8 Å². The van der Waals surface area contributed by atoms with Gasteiger partial charge in [-0.3, -0.25) is 10.1 Å². The predicted octanol–water partition coefficient (Wildman–Crippen LogP) is 1.14. The van der Waals surface area contributed by atoms with E-state index in [-0.39, 0.29) is 11.5 Å². The van der Waals surface area contributed by atoms with Crippen molar-refractivity contribution in [2.45, 2.75) is 19.4 Å². The minimum absolute atomic E-state index is 0.0400. The van der Waals surface area contributed by atoms with Crippen LogP contribution in [0.15, 0.2) is 18.3 Å². The van der Waals surface area contributed by atoms with Crippen molar-refractivity contribution in [1.82, 2.24) is 4.98 Å². The molecule has 6 nitrogen and oxygen atoms in total. The highest BCUT2D eigenvalue weighted by atomic mass is 16.6. The van der Waals surface area contributed by atoms with Gasteiger partial charge in [0.1, 0.15) is 0 Å². The molecule has 0 saturated carbocycles. The standard InChI is InChI=1S/C9H14N4O2/c1-9(2,10)6-12-8-7(13(14)15)4-3-5-11-8/h3-5H,6,10H2,1-2H3,(H,11,12). The molecule has 82 valence electrons. The fraction of sp³-hybridized carbons (Fsp3) is 0.444. The van der Waals surface area contributed by atoms with Gasteiger partial charge in [0.2, 0.25) is 5.82 Å². The van der Waals surface area contributed by atoms with Gasteiger partial charge in [-0.15, -0.1) is 0 Å². The summed E-state index contributed by atoms with van der Waals surface area (Å²) in [6.07, 6.45) is 1.50. The number of hydrogen-bond donors (Lipinski definition) is 2. The minimum Gasteiger partial charge on any atom is -0.363 e. The lowest BCUT2D eigenvalue weighted by molar-refractivity contribution is -0.384. The highest BCUT2D eigenvalue weighted by Gasteiger charge is 2.16. The Morgan fingerprint density at radius 3 is 2.87 bits per heavy atom. The van der Waals surface area contributed by atoms with Gasteiger partial charge < -0.3 is 11.1 Å². The number of nitro groups is 1. The Kier molecular flexibility index (Phi) is 3.21. The topological polar surface area (TPSA) is 94.1 Å². The van der Waals surface area contributed by atoms with Crippen LogP contribution in [-0.4, -0.2) is 22.0 Å². The summed E-state index contributed by atoms with van der Waals surface area (Å²) < 4.78 is 0. The first-order valence-corrected chi connectivity index (χ1v) is 4.52. The molecule has 0 aliphatic heterocycles. The molecule has 0 spiro atoms. The van der Waals surface area contributed by atoms with Gasteiger partial charge in [-0.25, -0.2) is 4.98 Å². The van der Waals surface area contributed by atoms with E-state index in [0.29, 0.717) is 6.54 Å². The van der Waals surface area contributed by atoms with E-state index in [0.717, 1.165) is 0 Å². The summed E-state index contributed by atoms with van der Waals surface area (Å²) in [6, 6.07) is 2.93. The Bertz CT molecular complexity index is 359. The maximum atomic E-state index is 10.6. The Hall–Kier alpha value is -1.69. The zero-order valence-corrected chi connectivity index (χ0v) is 8.73. The molecule has 0 atom stereocenters. The monoisotopic (exact) mass is 210 g/mol. The number of nitrogens with one attached hydrogen (secondary N) is 1. The second-order valence-electron chi connectivity index (χ2n) is 3.97. The summed E-state index contributed by atoms with van der Waals surface area (Å²) in [6.45, 7) is 4.08. The quantitative estimate of drug-likeness (QED) is 0.574. The molecule has 1 heterocycles. The van der Waals surface area contributed by atoms with Crippen LogP contribution >= 0.6 is 0 Å². The number of anilines is 1. The Morgan fingerprint density at radius 1 is 1.67 bits per heavy atom. The van der Waals surface area contributed by atoms with Crippen molar-refractivity contribution in [2.24, 2.45) is 5.73 Å². The molecule has 6 heteroatoms. The first kappa shape index (κ1) is 11.4. The molecule has 1 rings (SSSR count). The average molecular weight is 210 g/mol. The smallest absolute Gasteiger partial charge is 0.311 e. The van der Waals surface area contributed by atoms with Gasteiger partial charge in [0.05, 0.1) is 4.92 Å². The number of pyridine rings is 1. The summed E-state index contributed by atoms with van der Waals surface area (Å²) in [5.41, 5.74) is 5.27. The van der Waals surface area contributed by atoms with Crippen LogP contribution in [0, 0.1) is 10.1 Å². The van der Waals surface area contributed by atoms with Crippen LogP contribution in [0.5, 0.6) is 0 Å². The largest absolute Gasteiger partial charge is 0.363 e. The van der Waals surface area contributed by atoms with Crippen LogP contribution in [0.4, 0.5) is 11.5 Å². The van der Waals surface area contributed by atoms with Crippen molar-refractivity contribution in [2.75, 3.05) is 11.9 Å². The normalized spacial score (nSPS) is 11.1. The van der Waals surface area contributed by atoms with E-state index in [4.69, 9.17) is 5.73 Å². The Balaban J connectivity index is 2.81. The lowest BCUT2D eigenvalue weighted by atomic mass is 10.1. The Labute approximate surface area is 87.7 Å². The van der Waals surface area contributed by atoms with Gasteiger partial charge in [-0.1, -0.05) is 0 Å². The van der Waals surface area contributed by atoms with E-state index < -0.39 is 10.5 Å². The molecule has 0 radical (unpaired) electrons. The van der Waals surface area contributed by atoms with E-state index in [1.165, 1.54) is 18.3 Å². The summed E-state index contributed by atoms with van der Waals surface area (Å²) in [7, 11) is 0. The predicted molar refractivity (Wildman–Crippen MR) is 57.6 cm³/mol. The molecule has 0 amide bonds. The highest BCUT2D eigenvalue weighted by molar-refractivity contribution is 5.55. The number of aromatic nitrogens is 1. The van der Waals surface area contributed by atoms with Gasteiger partial charge >= 0.3 is 5.69 Å². The molecule has 0 bridgehead atoms. The van der Waals surface area contributed by atoms with Crippen LogP contribution in [-0.2, 0) is 0 Å². The molecule has 0 aliphatic carbocycles. The van der Waals surface area contributed by atoms with Gasteiger partial charge in [0.25, 0.3) is 0 Å². The number of nitrogens with two attached hydrogens (primary N) is 1. The molecular formula is C9H14N4O2. The molecule has 0 unspecified atom stereocenters. The van der Waals surface area contributed by atoms with Crippen molar-refractivity contribution < 1.29 is 4.92 Å². The van der Waals surface area contributed by atoms with Crippen molar-refractivity contribution in [3.05, 3.63) is 28.4 Å². The molecule has 3 N–H and O–H groups in total. The second kappa shape index (κ2) is 4.22. The third-order valence-electron chi connectivity index (χ3n) is 1.69. The van der Waals surface area contributed by atoms with Crippen LogP contribution in [0.3, 0.4) is 0 Å². The average Bonchev–Trinajstić information content (AvgIpc) is 2.14. The zero-order chi connectivity index (χ0) is 11.5. The third kappa shape index (κ3) is 3.51. The second-order valence-corrected chi connectivity index (χ2v) is 3.97. The Morgan fingerprint density at radius 2 is 2.33 bits per heavy atom. The molecule has 0 fully saturated rings. The number of hydrogen-bond acceptors (Lipinski definition) is 5. The number of nitrogens with zero attached hydrogens (tertiary/aromatic N) is 2. The van der Waals surface area contributed by atoms with Gasteiger partial charge in [0, 0.05) is 24.3 Å². The van der Waals surface area contributed by atoms with Crippen LogP contribution in [0.2, 0.25) is 0 Å². The molecule has 0 aliphatic rings. The maximum absolute atomic E-state index is 10.6. The minimum atomic E-state index is -0.473. The van der Waals surface area contributed by atoms with E-state index in [9.17, 15) is 10.1 Å². The lowest BCUT2D eigenvalue weighted by Crippen LogP contribution is -2.39. The fourth-order valence-corrected chi connectivity index (χ4v) is 0.992. The third-order valence-corrected chi connectivity index (χ3v) is 1.69. The number of rotatable bonds is 4. The molecular weight excluding hydrogens is 196 g/mol. The lowest BCUT2D eigenvalue weighted by Gasteiger charge is -2.18. The summed E-state index contributed by atoms with van der Waals surface area (Å²) in [5, 5.41) is 13.5. The van der Waals surface area contributed by atoms with Crippen molar-refractivity contribution in [1.29, 1.82) is 0 Å². The molecule has 15 heavy (non-hydrogen) atoms. The van der Waals surface area contributed by atoms with Crippen molar-refractivity contribution in [3.8, 4) is 0 Å². The van der Waals surface area contributed by atoms with E-state index in [1.807, 2.05) is 13.8 Å². The van der Waals surface area contributed by atoms with Crippen LogP contribution in [0.25, 0.3) is 0 Å². The fourth-order valence-electron chi connectivity index (χ4n) is 0.992. The molecule has 1 aromatic rings. The summed E-state index contributed by atoms with van der Waals surface area (Å²) >= 11 is 0. The molecule has 0 aromatic carbocycles. The van der Waals surface area contributed by atoms with E-state index in [2.05, 4.69) is 10.3 Å². The van der Waals surface area contributed by atoms with E-state index >= 15 is 0 Å². The SMILES string of the molecule is CC(C)(N)CNc1ncccc1[N+](=O)[O-]. The van der Waals surface area contributed by atoms with Gasteiger partial charge in [0.15, 0.2) is 0 Å². The summed E-state index contributed by atoms with van der Waals surface area (Å²) in [4.78, 5) is 14.1. The maximum Gasteiger partial charge on any atom is 0.311 e. The molecule has 1 aromatic heterocycles. The highest BCUT2D eigenvalue weighted by Crippen LogP contribution is 2.20. The zero-order valence-electron chi connectivity index (χ0n) is 8.73. The van der Waals surface area contributed by atoms with Crippen LogP contribution < -0.4 is 11.1 Å².